The Kier molecular flexibility index (Phi) is 6.21. The summed E-state index contributed by atoms with van der Waals surface area (Å²) in [6, 6.07) is 21.2. The highest BCUT2D eigenvalue weighted by atomic mass is 16.5. The molecule has 1 aliphatic heterocycles. The van der Waals surface area contributed by atoms with Gasteiger partial charge < -0.3 is 24.5 Å². The number of nitrogens with one attached hydrogen (secondary N) is 1. The third-order valence-corrected chi connectivity index (χ3v) is 6.61. The van der Waals surface area contributed by atoms with Crippen LogP contribution in [0.4, 0.5) is 0 Å². The fourth-order valence-corrected chi connectivity index (χ4v) is 4.81. The second kappa shape index (κ2) is 9.62. The zero-order chi connectivity index (χ0) is 25.2. The van der Waals surface area contributed by atoms with Gasteiger partial charge in [0.25, 0.3) is 11.7 Å². The van der Waals surface area contributed by atoms with E-state index in [0.29, 0.717) is 29.0 Å². The van der Waals surface area contributed by atoms with Crippen LogP contribution in [0.1, 0.15) is 22.7 Å². The average Bonchev–Trinajstić information content (AvgIpc) is 3.45. The molecule has 1 aromatic heterocycles. The Morgan fingerprint density at radius 2 is 1.67 bits per heavy atom. The summed E-state index contributed by atoms with van der Waals surface area (Å²) in [5.41, 5.74) is 3.22. The van der Waals surface area contributed by atoms with E-state index in [1.165, 1.54) is 12.0 Å². The lowest BCUT2D eigenvalue weighted by Crippen LogP contribution is -2.31. The average molecular weight is 483 g/mol. The van der Waals surface area contributed by atoms with Crippen LogP contribution in [-0.4, -0.2) is 47.4 Å². The lowest BCUT2D eigenvalue weighted by molar-refractivity contribution is -0.139. The van der Waals surface area contributed by atoms with Gasteiger partial charge in [0.05, 0.1) is 25.8 Å². The molecule has 0 aliphatic carbocycles. The Hall–Kier alpha value is -4.52. The van der Waals surface area contributed by atoms with Gasteiger partial charge in [0.1, 0.15) is 5.76 Å². The van der Waals surface area contributed by atoms with Gasteiger partial charge in [0, 0.05) is 29.2 Å². The number of ether oxygens (including phenoxy) is 2. The van der Waals surface area contributed by atoms with Crippen molar-refractivity contribution in [1.29, 1.82) is 0 Å². The molecule has 1 saturated heterocycles. The highest BCUT2D eigenvalue weighted by Crippen LogP contribution is 2.42. The first-order valence-corrected chi connectivity index (χ1v) is 11.6. The normalized spacial score (nSPS) is 17.1. The Balaban J connectivity index is 1.59. The summed E-state index contributed by atoms with van der Waals surface area (Å²) in [7, 11) is 3.07. The summed E-state index contributed by atoms with van der Waals surface area (Å²) in [5, 5.41) is 12.3. The zero-order valence-corrected chi connectivity index (χ0v) is 20.0. The van der Waals surface area contributed by atoms with Crippen LogP contribution < -0.4 is 9.47 Å². The van der Waals surface area contributed by atoms with Crippen molar-refractivity contribution in [2.45, 2.75) is 12.5 Å². The van der Waals surface area contributed by atoms with E-state index in [1.54, 1.807) is 49.6 Å². The van der Waals surface area contributed by atoms with E-state index in [4.69, 9.17) is 9.47 Å². The van der Waals surface area contributed by atoms with Crippen molar-refractivity contribution in [1.82, 2.24) is 9.88 Å². The molecule has 182 valence electrons. The van der Waals surface area contributed by atoms with Gasteiger partial charge in [-0.1, -0.05) is 54.6 Å². The van der Waals surface area contributed by atoms with Crippen LogP contribution in [0.3, 0.4) is 0 Å². The van der Waals surface area contributed by atoms with Crippen molar-refractivity contribution in [3.05, 3.63) is 101 Å². The van der Waals surface area contributed by atoms with Gasteiger partial charge in [-0.15, -0.1) is 0 Å². The minimum atomic E-state index is -0.782. The van der Waals surface area contributed by atoms with Crippen LogP contribution in [0.2, 0.25) is 0 Å². The largest absolute Gasteiger partial charge is 0.507 e. The summed E-state index contributed by atoms with van der Waals surface area (Å²) < 4.78 is 10.8. The molecule has 1 amide bonds. The minimum absolute atomic E-state index is 0.0531. The molecular formula is C29H26N2O5. The van der Waals surface area contributed by atoms with Gasteiger partial charge in [-0.05, 0) is 35.7 Å². The second-order valence-corrected chi connectivity index (χ2v) is 8.58. The van der Waals surface area contributed by atoms with Crippen LogP contribution in [0.25, 0.3) is 16.7 Å². The Bertz CT molecular complexity index is 1470. The van der Waals surface area contributed by atoms with Gasteiger partial charge in [-0.25, -0.2) is 0 Å². The number of para-hydroxylation sites is 1. The smallest absolute Gasteiger partial charge is 0.295 e. The number of aliphatic hydroxyl groups is 1. The van der Waals surface area contributed by atoms with Crippen LogP contribution in [0.15, 0.2) is 84.6 Å². The molecule has 0 radical (unpaired) electrons. The molecule has 0 bridgehead atoms. The number of methoxy groups -OCH3 is 2. The van der Waals surface area contributed by atoms with E-state index in [1.807, 2.05) is 36.5 Å². The Morgan fingerprint density at radius 3 is 2.42 bits per heavy atom. The number of amides is 1. The highest BCUT2D eigenvalue weighted by Gasteiger charge is 2.46. The topological polar surface area (TPSA) is 91.9 Å². The van der Waals surface area contributed by atoms with Crippen LogP contribution in [-0.2, 0) is 16.0 Å². The number of nitrogens with zero attached hydrogens (tertiary/aromatic N) is 1. The molecule has 1 fully saturated rings. The molecular weight excluding hydrogens is 456 g/mol. The second-order valence-electron chi connectivity index (χ2n) is 8.58. The van der Waals surface area contributed by atoms with Gasteiger partial charge in [0.15, 0.2) is 11.5 Å². The van der Waals surface area contributed by atoms with Gasteiger partial charge in [-0.2, -0.15) is 0 Å². The van der Waals surface area contributed by atoms with E-state index in [0.717, 1.165) is 16.5 Å². The number of Topliss-reactive ketones (excluding diaryl/α,β-unsaturated/α-hetero) is 1. The molecule has 1 aliphatic rings. The number of ketones is 1. The fourth-order valence-electron chi connectivity index (χ4n) is 4.81. The molecule has 5 rings (SSSR count). The number of hydrogen-bond donors (Lipinski definition) is 2. The van der Waals surface area contributed by atoms with Crippen molar-refractivity contribution in [2.24, 2.45) is 0 Å². The highest BCUT2D eigenvalue weighted by molar-refractivity contribution is 6.46. The monoisotopic (exact) mass is 482 g/mol. The fraction of sp³-hybridized carbons (Fsp3) is 0.172. The van der Waals surface area contributed by atoms with Crippen molar-refractivity contribution >= 4 is 28.4 Å². The molecule has 0 spiro atoms. The SMILES string of the molecule is COc1ccc(C2/C(=C(\O)c3ccccc3)C(=O)C(=O)N2CCc2c[nH]c3ccccc23)cc1OC. The molecule has 7 nitrogen and oxygen atoms in total. The first kappa shape index (κ1) is 23.2. The number of carbonyl (C=O) groups excluding carboxylic acids is 2. The molecule has 0 saturated carbocycles. The maximum Gasteiger partial charge on any atom is 0.295 e. The number of aliphatic hydroxyl groups excluding tert-OH is 1. The van der Waals surface area contributed by atoms with Crippen LogP contribution in [0, 0.1) is 0 Å². The van der Waals surface area contributed by atoms with Crippen molar-refractivity contribution in [2.75, 3.05) is 20.8 Å². The number of hydrogen-bond acceptors (Lipinski definition) is 5. The van der Waals surface area contributed by atoms with Crippen LogP contribution in [0.5, 0.6) is 11.5 Å². The molecule has 2 heterocycles. The lowest BCUT2D eigenvalue weighted by atomic mass is 9.95. The number of aromatic amines is 1. The zero-order valence-electron chi connectivity index (χ0n) is 20.0. The maximum atomic E-state index is 13.3. The standard InChI is InChI=1S/C29H26N2O5/c1-35-23-13-12-19(16-24(23)36-2)26-25(27(32)18-8-4-3-5-9-18)28(33)29(34)31(26)15-14-20-17-30-22-11-7-6-10-21(20)22/h3-13,16-17,26,30,32H,14-15H2,1-2H3/b27-25+. The molecule has 7 heteroatoms. The Labute approximate surface area is 208 Å². The minimum Gasteiger partial charge on any atom is -0.507 e. The third-order valence-electron chi connectivity index (χ3n) is 6.61. The molecule has 2 N–H and O–H groups in total. The number of aromatic nitrogens is 1. The Morgan fingerprint density at radius 1 is 0.944 bits per heavy atom. The van der Waals surface area contributed by atoms with Crippen molar-refractivity contribution in [3.63, 3.8) is 0 Å². The quantitative estimate of drug-likeness (QED) is 0.223. The summed E-state index contributed by atoms with van der Waals surface area (Å²) in [6.07, 6.45) is 2.46. The predicted octanol–water partition coefficient (Wildman–Crippen LogP) is 4.85. The number of likely N-dealkylation sites (tertiary alicyclic amines) is 1. The van der Waals surface area contributed by atoms with Crippen LogP contribution >= 0.6 is 0 Å². The molecule has 4 aromatic rings. The van der Waals surface area contributed by atoms with E-state index < -0.39 is 17.7 Å². The summed E-state index contributed by atoms with van der Waals surface area (Å²) in [4.78, 5) is 31.4. The number of benzene rings is 3. The van der Waals surface area contributed by atoms with Gasteiger partial charge >= 0.3 is 0 Å². The van der Waals surface area contributed by atoms with E-state index in [2.05, 4.69) is 4.98 Å². The lowest BCUT2D eigenvalue weighted by Gasteiger charge is -2.26. The van der Waals surface area contributed by atoms with E-state index in [9.17, 15) is 14.7 Å². The third kappa shape index (κ3) is 3.98. The van der Waals surface area contributed by atoms with E-state index in [-0.39, 0.29) is 17.9 Å². The number of rotatable bonds is 7. The predicted molar refractivity (Wildman–Crippen MR) is 137 cm³/mol. The number of H-pyrrole nitrogens is 1. The summed E-state index contributed by atoms with van der Waals surface area (Å²) in [5.74, 6) is -0.567. The van der Waals surface area contributed by atoms with Crippen molar-refractivity contribution in [3.8, 4) is 11.5 Å². The van der Waals surface area contributed by atoms with E-state index >= 15 is 0 Å². The number of fused-ring (bicyclic) bond motifs is 1. The molecule has 1 unspecified atom stereocenters. The first-order valence-electron chi connectivity index (χ1n) is 11.6. The molecule has 3 aromatic carbocycles. The van der Waals surface area contributed by atoms with Gasteiger partial charge in [-0.3, -0.25) is 9.59 Å². The maximum absolute atomic E-state index is 13.3. The van der Waals surface area contributed by atoms with Crippen molar-refractivity contribution < 1.29 is 24.2 Å². The molecule has 1 atom stereocenters. The summed E-state index contributed by atoms with van der Waals surface area (Å²) >= 11 is 0. The number of carbonyl (C=O) groups is 2. The molecule has 36 heavy (non-hydrogen) atoms. The summed E-state index contributed by atoms with van der Waals surface area (Å²) in [6.45, 7) is 0.289. The first-order chi connectivity index (χ1) is 17.5. The van der Waals surface area contributed by atoms with Gasteiger partial charge in [0.2, 0.25) is 0 Å².